The molecule has 0 amide bonds. The molecule has 0 atom stereocenters. The summed E-state index contributed by atoms with van der Waals surface area (Å²) >= 11 is 6.25. The lowest BCUT2D eigenvalue weighted by atomic mass is 9.69. The van der Waals surface area contributed by atoms with Crippen LogP contribution in [0.5, 0.6) is 0 Å². The second-order valence-electron chi connectivity index (χ2n) is 6.08. The van der Waals surface area contributed by atoms with Gasteiger partial charge in [-0.3, -0.25) is 0 Å². The lowest BCUT2D eigenvalue weighted by Crippen LogP contribution is -2.30. The van der Waals surface area contributed by atoms with Gasteiger partial charge < -0.3 is 4.74 Å². The highest BCUT2D eigenvalue weighted by molar-refractivity contribution is 6.18. The lowest BCUT2D eigenvalue weighted by Gasteiger charge is -2.39. The number of hydrogen-bond acceptors (Lipinski definition) is 1. The molecule has 0 unspecified atom stereocenters. The molecule has 0 aliphatic heterocycles. The molecule has 0 heterocycles. The predicted octanol–water partition coefficient (Wildman–Crippen LogP) is 5.41. The summed E-state index contributed by atoms with van der Waals surface area (Å²) in [6, 6.07) is 0. The lowest BCUT2D eigenvalue weighted by molar-refractivity contribution is 0.0737. The quantitative estimate of drug-likeness (QED) is 0.404. The van der Waals surface area contributed by atoms with Crippen LogP contribution in [-0.4, -0.2) is 19.1 Å². The molecule has 0 aromatic carbocycles. The molecule has 1 fully saturated rings. The van der Waals surface area contributed by atoms with E-state index in [2.05, 4.69) is 13.8 Å². The number of hydrogen-bond donors (Lipinski definition) is 0. The van der Waals surface area contributed by atoms with Crippen LogP contribution in [0, 0.1) is 11.3 Å². The molecular formula is C16H31ClO. The maximum Gasteiger partial charge on any atom is 0.0471 e. The monoisotopic (exact) mass is 274 g/mol. The Labute approximate surface area is 119 Å². The van der Waals surface area contributed by atoms with Gasteiger partial charge in [0.2, 0.25) is 0 Å². The van der Waals surface area contributed by atoms with Crippen LogP contribution in [0.4, 0.5) is 0 Å². The zero-order chi connectivity index (χ0) is 13.3. The van der Waals surface area contributed by atoms with Crippen molar-refractivity contribution < 1.29 is 4.74 Å². The van der Waals surface area contributed by atoms with Crippen LogP contribution in [-0.2, 0) is 4.74 Å². The zero-order valence-electron chi connectivity index (χ0n) is 12.3. The molecule has 0 radical (unpaired) electrons. The van der Waals surface area contributed by atoms with Gasteiger partial charge in [0.25, 0.3) is 0 Å². The third-order valence-corrected chi connectivity index (χ3v) is 5.11. The van der Waals surface area contributed by atoms with Crippen molar-refractivity contribution in [3.63, 3.8) is 0 Å². The van der Waals surface area contributed by atoms with Crippen LogP contribution in [0.15, 0.2) is 0 Å². The Morgan fingerprint density at radius 3 is 2.39 bits per heavy atom. The standard InChI is InChI=1S/C16H31ClO/c1-3-5-6-15-7-9-16(14-17,10-8-15)11-13-18-12-4-2/h15H,3-14H2,1-2H3. The molecule has 0 bridgehead atoms. The largest absolute Gasteiger partial charge is 0.381 e. The molecule has 1 saturated carbocycles. The van der Waals surface area contributed by atoms with Crippen molar-refractivity contribution in [3.05, 3.63) is 0 Å². The van der Waals surface area contributed by atoms with Crippen molar-refractivity contribution in [1.29, 1.82) is 0 Å². The molecule has 0 N–H and O–H groups in total. The first-order valence-electron chi connectivity index (χ1n) is 7.90. The van der Waals surface area contributed by atoms with Gasteiger partial charge in [-0.2, -0.15) is 0 Å². The minimum atomic E-state index is 0.387. The van der Waals surface area contributed by atoms with E-state index in [-0.39, 0.29) is 0 Å². The summed E-state index contributed by atoms with van der Waals surface area (Å²) in [6.45, 7) is 6.25. The van der Waals surface area contributed by atoms with Crippen molar-refractivity contribution in [3.8, 4) is 0 Å². The van der Waals surface area contributed by atoms with Crippen LogP contribution < -0.4 is 0 Å². The number of alkyl halides is 1. The smallest absolute Gasteiger partial charge is 0.0471 e. The van der Waals surface area contributed by atoms with E-state index in [1.54, 1.807) is 0 Å². The van der Waals surface area contributed by atoms with Crippen molar-refractivity contribution in [2.45, 2.75) is 71.6 Å². The van der Waals surface area contributed by atoms with E-state index < -0.39 is 0 Å². The SMILES string of the molecule is CCCCC1CCC(CCl)(CCOCCC)CC1. The second kappa shape index (κ2) is 9.20. The van der Waals surface area contributed by atoms with Crippen LogP contribution in [0.3, 0.4) is 0 Å². The molecule has 0 aromatic heterocycles. The van der Waals surface area contributed by atoms with Gasteiger partial charge in [0.15, 0.2) is 0 Å². The topological polar surface area (TPSA) is 9.23 Å². The van der Waals surface area contributed by atoms with Gasteiger partial charge >= 0.3 is 0 Å². The van der Waals surface area contributed by atoms with Crippen molar-refractivity contribution in [2.24, 2.45) is 11.3 Å². The first-order chi connectivity index (χ1) is 8.76. The van der Waals surface area contributed by atoms with Crippen LogP contribution in [0.25, 0.3) is 0 Å². The molecule has 1 rings (SSSR count). The Bertz CT molecular complexity index is 197. The van der Waals surface area contributed by atoms with E-state index in [1.165, 1.54) is 44.9 Å². The molecule has 1 aliphatic carbocycles. The third kappa shape index (κ3) is 5.48. The van der Waals surface area contributed by atoms with Gasteiger partial charge in [-0.15, -0.1) is 11.6 Å². The van der Waals surface area contributed by atoms with E-state index in [1.807, 2.05) is 0 Å². The van der Waals surface area contributed by atoms with Crippen molar-refractivity contribution in [2.75, 3.05) is 19.1 Å². The minimum absolute atomic E-state index is 0.387. The number of halogens is 1. The van der Waals surface area contributed by atoms with Gasteiger partial charge in [0.1, 0.15) is 0 Å². The maximum absolute atomic E-state index is 6.25. The average molecular weight is 275 g/mol. The van der Waals surface area contributed by atoms with Gasteiger partial charge in [0.05, 0.1) is 0 Å². The van der Waals surface area contributed by atoms with E-state index in [0.29, 0.717) is 5.41 Å². The molecule has 1 nitrogen and oxygen atoms in total. The first-order valence-corrected chi connectivity index (χ1v) is 8.43. The molecule has 2 heteroatoms. The average Bonchev–Trinajstić information content (AvgIpc) is 2.43. The fourth-order valence-corrected chi connectivity index (χ4v) is 3.46. The summed E-state index contributed by atoms with van der Waals surface area (Å²) in [4.78, 5) is 0. The van der Waals surface area contributed by atoms with Gasteiger partial charge in [-0.1, -0.05) is 33.1 Å². The Hall–Kier alpha value is 0.250. The van der Waals surface area contributed by atoms with Gasteiger partial charge in [-0.05, 0) is 49.9 Å². The number of unbranched alkanes of at least 4 members (excludes halogenated alkanes) is 1. The molecule has 0 aromatic rings. The van der Waals surface area contributed by atoms with Crippen LogP contribution in [0.2, 0.25) is 0 Å². The van der Waals surface area contributed by atoms with Crippen molar-refractivity contribution >= 4 is 11.6 Å². The number of ether oxygens (including phenoxy) is 1. The molecule has 0 saturated heterocycles. The normalized spacial score (nSPS) is 28.5. The Morgan fingerprint density at radius 2 is 1.83 bits per heavy atom. The third-order valence-electron chi connectivity index (χ3n) is 4.54. The molecule has 0 spiro atoms. The summed E-state index contributed by atoms with van der Waals surface area (Å²) in [5.74, 6) is 1.79. The van der Waals surface area contributed by atoms with E-state index in [4.69, 9.17) is 16.3 Å². The minimum Gasteiger partial charge on any atom is -0.381 e. The summed E-state index contributed by atoms with van der Waals surface area (Å²) in [7, 11) is 0. The van der Waals surface area contributed by atoms with Crippen molar-refractivity contribution in [1.82, 2.24) is 0 Å². The highest BCUT2D eigenvalue weighted by Gasteiger charge is 2.33. The summed E-state index contributed by atoms with van der Waals surface area (Å²) < 4.78 is 5.65. The summed E-state index contributed by atoms with van der Waals surface area (Å²) in [6.07, 6.45) is 11.9. The van der Waals surface area contributed by atoms with E-state index in [0.717, 1.165) is 37.9 Å². The van der Waals surface area contributed by atoms with Crippen LogP contribution in [0.1, 0.15) is 71.6 Å². The van der Waals surface area contributed by atoms with Gasteiger partial charge in [-0.25, -0.2) is 0 Å². The highest BCUT2D eigenvalue weighted by atomic mass is 35.5. The Kier molecular flexibility index (Phi) is 8.33. The second-order valence-corrected chi connectivity index (χ2v) is 6.35. The zero-order valence-corrected chi connectivity index (χ0v) is 13.1. The highest BCUT2D eigenvalue weighted by Crippen LogP contribution is 2.43. The Balaban J connectivity index is 2.26. The van der Waals surface area contributed by atoms with E-state index in [9.17, 15) is 0 Å². The first kappa shape index (κ1) is 16.3. The van der Waals surface area contributed by atoms with E-state index >= 15 is 0 Å². The predicted molar refractivity (Wildman–Crippen MR) is 80.4 cm³/mol. The number of rotatable bonds is 9. The molecule has 18 heavy (non-hydrogen) atoms. The van der Waals surface area contributed by atoms with Crippen LogP contribution >= 0.6 is 11.6 Å². The summed E-state index contributed by atoms with van der Waals surface area (Å²) in [5, 5.41) is 0. The molecule has 108 valence electrons. The fourth-order valence-electron chi connectivity index (χ4n) is 3.06. The Morgan fingerprint density at radius 1 is 1.11 bits per heavy atom. The summed E-state index contributed by atoms with van der Waals surface area (Å²) in [5.41, 5.74) is 0.387. The van der Waals surface area contributed by atoms with Gasteiger partial charge in [0, 0.05) is 19.1 Å². The fraction of sp³-hybridized carbons (Fsp3) is 1.00. The molecular weight excluding hydrogens is 244 g/mol. The molecule has 1 aliphatic rings. The maximum atomic E-state index is 6.25.